The maximum atomic E-state index is 11.2. The average Bonchev–Trinajstić information content (AvgIpc) is 2.94. The molecule has 0 radical (unpaired) electrons. The lowest BCUT2D eigenvalue weighted by atomic mass is 9.43. The van der Waals surface area contributed by atoms with E-state index < -0.39 is 0 Å². The van der Waals surface area contributed by atoms with Crippen LogP contribution in [0.4, 0.5) is 0 Å². The van der Waals surface area contributed by atoms with Crippen molar-refractivity contribution in [2.45, 2.75) is 90.8 Å². The van der Waals surface area contributed by atoms with Gasteiger partial charge in [-0.05, 0) is 97.7 Å². The standard InChI is InChI=1S/C23H37NO2/c1-14(8-11-24)17-4-5-18-21-19(7-10-23(17,18)3)22(2)9-6-16(25)12-15(22)13-20(21)26/h14-21,25-26H,4-10,12-13H2,1-3H3/t14?,15-,16?,17?,18?,19?,20-,21-,22-,23+/m0/s1. The fraction of sp³-hybridized carbons (Fsp3) is 0.957. The van der Waals surface area contributed by atoms with Crippen LogP contribution in [-0.4, -0.2) is 22.4 Å². The van der Waals surface area contributed by atoms with Crippen molar-refractivity contribution in [3.05, 3.63) is 0 Å². The molecule has 4 aliphatic carbocycles. The van der Waals surface area contributed by atoms with Crippen molar-refractivity contribution in [3.63, 3.8) is 0 Å². The Balaban J connectivity index is 1.62. The highest BCUT2D eigenvalue weighted by atomic mass is 16.3. The molecule has 146 valence electrons. The SMILES string of the molecule is CC(CC#N)C1CCC2[C@H]3C(CC[C@]12C)[C@@]1(C)CCC(O)C[C@H]1C[C@@H]3O. The van der Waals surface area contributed by atoms with E-state index in [-0.39, 0.29) is 12.2 Å². The van der Waals surface area contributed by atoms with E-state index in [9.17, 15) is 15.5 Å². The number of fused-ring (bicyclic) bond motifs is 5. The lowest BCUT2D eigenvalue weighted by Crippen LogP contribution is -2.58. The van der Waals surface area contributed by atoms with Crippen molar-refractivity contribution in [1.29, 1.82) is 5.26 Å². The number of hydrogen-bond acceptors (Lipinski definition) is 3. The molecule has 0 heterocycles. The van der Waals surface area contributed by atoms with E-state index in [4.69, 9.17) is 0 Å². The van der Waals surface area contributed by atoms with E-state index in [1.807, 2.05) is 0 Å². The molecule has 10 atom stereocenters. The van der Waals surface area contributed by atoms with Crippen LogP contribution in [0.5, 0.6) is 0 Å². The van der Waals surface area contributed by atoms with Crippen LogP contribution in [-0.2, 0) is 0 Å². The van der Waals surface area contributed by atoms with Crippen LogP contribution in [0.3, 0.4) is 0 Å². The van der Waals surface area contributed by atoms with Crippen LogP contribution in [0.1, 0.15) is 78.6 Å². The van der Waals surface area contributed by atoms with Crippen LogP contribution in [0.15, 0.2) is 0 Å². The Kier molecular flexibility index (Phi) is 4.68. The molecule has 0 saturated heterocycles. The van der Waals surface area contributed by atoms with E-state index in [0.717, 1.165) is 25.7 Å². The second kappa shape index (κ2) is 6.49. The van der Waals surface area contributed by atoms with Crippen LogP contribution in [0.25, 0.3) is 0 Å². The minimum Gasteiger partial charge on any atom is -0.393 e. The number of hydrogen-bond donors (Lipinski definition) is 2. The van der Waals surface area contributed by atoms with Gasteiger partial charge in [0.2, 0.25) is 0 Å². The molecule has 0 amide bonds. The Bertz CT molecular complexity index is 585. The Morgan fingerprint density at radius 3 is 2.42 bits per heavy atom. The molecule has 0 bridgehead atoms. The Hall–Kier alpha value is -0.590. The van der Waals surface area contributed by atoms with Gasteiger partial charge in [-0.3, -0.25) is 0 Å². The highest BCUT2D eigenvalue weighted by molar-refractivity contribution is 5.12. The van der Waals surface area contributed by atoms with Crippen molar-refractivity contribution < 1.29 is 10.2 Å². The van der Waals surface area contributed by atoms with Crippen LogP contribution < -0.4 is 0 Å². The molecule has 4 rings (SSSR count). The summed E-state index contributed by atoms with van der Waals surface area (Å²) in [6.45, 7) is 7.22. The third-order valence-electron chi connectivity index (χ3n) is 9.83. The third-order valence-corrected chi connectivity index (χ3v) is 9.83. The summed E-state index contributed by atoms with van der Waals surface area (Å²) in [5.41, 5.74) is 0.608. The molecule has 2 N–H and O–H groups in total. The fourth-order valence-corrected chi connectivity index (χ4v) is 8.46. The smallest absolute Gasteiger partial charge is 0.0624 e. The van der Waals surface area contributed by atoms with E-state index >= 15 is 0 Å². The Labute approximate surface area is 159 Å². The summed E-state index contributed by atoms with van der Waals surface area (Å²) in [5, 5.41) is 30.6. The van der Waals surface area contributed by atoms with Gasteiger partial charge >= 0.3 is 0 Å². The minimum absolute atomic E-state index is 0.159. The lowest BCUT2D eigenvalue weighted by Gasteiger charge is -2.62. The molecular weight excluding hydrogens is 322 g/mol. The van der Waals surface area contributed by atoms with Gasteiger partial charge < -0.3 is 10.2 Å². The highest BCUT2D eigenvalue weighted by Crippen LogP contribution is 2.68. The lowest BCUT2D eigenvalue weighted by molar-refractivity contribution is -0.174. The van der Waals surface area contributed by atoms with Crippen molar-refractivity contribution >= 4 is 0 Å². The summed E-state index contributed by atoms with van der Waals surface area (Å²) >= 11 is 0. The predicted molar refractivity (Wildman–Crippen MR) is 102 cm³/mol. The minimum atomic E-state index is -0.196. The molecule has 26 heavy (non-hydrogen) atoms. The van der Waals surface area contributed by atoms with E-state index in [1.165, 1.54) is 25.7 Å². The summed E-state index contributed by atoms with van der Waals surface area (Å²) in [4.78, 5) is 0. The summed E-state index contributed by atoms with van der Waals surface area (Å²) in [6.07, 6.45) is 9.12. The number of aliphatic hydroxyl groups excluding tert-OH is 2. The zero-order chi connectivity index (χ0) is 18.7. The monoisotopic (exact) mass is 359 g/mol. The van der Waals surface area contributed by atoms with Gasteiger partial charge in [0, 0.05) is 6.42 Å². The van der Waals surface area contributed by atoms with Crippen molar-refractivity contribution in [2.24, 2.45) is 46.3 Å². The molecule has 5 unspecified atom stereocenters. The van der Waals surface area contributed by atoms with E-state index in [1.54, 1.807) is 0 Å². The normalized spacial score (nSPS) is 54.5. The average molecular weight is 360 g/mol. The van der Waals surface area contributed by atoms with Gasteiger partial charge in [0.25, 0.3) is 0 Å². The molecule has 0 aliphatic heterocycles. The van der Waals surface area contributed by atoms with Gasteiger partial charge in [0.1, 0.15) is 0 Å². The molecule has 0 spiro atoms. The maximum Gasteiger partial charge on any atom is 0.0624 e. The maximum absolute atomic E-state index is 11.2. The number of nitrogens with zero attached hydrogens (tertiary/aromatic N) is 1. The van der Waals surface area contributed by atoms with Gasteiger partial charge in [-0.2, -0.15) is 5.26 Å². The topological polar surface area (TPSA) is 64.2 Å². The van der Waals surface area contributed by atoms with Gasteiger partial charge in [0.15, 0.2) is 0 Å². The van der Waals surface area contributed by atoms with Crippen molar-refractivity contribution in [1.82, 2.24) is 0 Å². The second-order valence-corrected chi connectivity index (χ2v) is 10.8. The summed E-state index contributed by atoms with van der Waals surface area (Å²) < 4.78 is 0. The number of nitriles is 1. The molecular formula is C23H37NO2. The predicted octanol–water partition coefficient (Wildman–Crippen LogP) is 4.53. The third kappa shape index (κ3) is 2.59. The van der Waals surface area contributed by atoms with Gasteiger partial charge in [-0.1, -0.05) is 20.8 Å². The first-order valence-electron chi connectivity index (χ1n) is 11.0. The first-order valence-corrected chi connectivity index (χ1v) is 11.0. The molecule has 0 aromatic rings. The van der Waals surface area contributed by atoms with Gasteiger partial charge in [-0.25, -0.2) is 0 Å². The zero-order valence-corrected chi connectivity index (χ0v) is 16.8. The van der Waals surface area contributed by atoms with Crippen molar-refractivity contribution in [3.8, 4) is 6.07 Å². The summed E-state index contributed by atoms with van der Waals surface area (Å²) in [7, 11) is 0. The number of rotatable bonds is 2. The fourth-order valence-electron chi connectivity index (χ4n) is 8.46. The first-order chi connectivity index (χ1) is 12.3. The van der Waals surface area contributed by atoms with E-state index in [2.05, 4.69) is 26.8 Å². The number of aliphatic hydroxyl groups is 2. The van der Waals surface area contributed by atoms with Gasteiger partial charge in [-0.15, -0.1) is 0 Å². The summed E-state index contributed by atoms with van der Waals surface area (Å²) in [6, 6.07) is 2.40. The highest BCUT2D eigenvalue weighted by Gasteiger charge is 2.62. The molecule has 3 heteroatoms. The molecule has 4 saturated carbocycles. The van der Waals surface area contributed by atoms with E-state index in [0.29, 0.717) is 52.8 Å². The van der Waals surface area contributed by atoms with Crippen LogP contribution in [0.2, 0.25) is 0 Å². The molecule has 0 aromatic heterocycles. The molecule has 4 fully saturated rings. The largest absolute Gasteiger partial charge is 0.393 e. The first kappa shape index (κ1) is 18.8. The van der Waals surface area contributed by atoms with Crippen molar-refractivity contribution in [2.75, 3.05) is 0 Å². The molecule has 4 aliphatic rings. The molecule has 3 nitrogen and oxygen atoms in total. The Morgan fingerprint density at radius 2 is 1.69 bits per heavy atom. The van der Waals surface area contributed by atoms with Crippen LogP contribution in [0, 0.1) is 57.7 Å². The Morgan fingerprint density at radius 1 is 1.00 bits per heavy atom. The van der Waals surface area contributed by atoms with Gasteiger partial charge in [0.05, 0.1) is 18.3 Å². The molecule has 0 aromatic carbocycles. The quantitative estimate of drug-likeness (QED) is 0.761. The summed E-state index contributed by atoms with van der Waals surface area (Å²) in [5.74, 6) is 3.27. The second-order valence-electron chi connectivity index (χ2n) is 10.8. The van der Waals surface area contributed by atoms with Crippen LogP contribution >= 0.6 is 0 Å². The zero-order valence-electron chi connectivity index (χ0n) is 16.8.